The summed E-state index contributed by atoms with van der Waals surface area (Å²) >= 11 is 0. The van der Waals surface area contributed by atoms with Gasteiger partial charge in [-0.1, -0.05) is 0 Å². The molecule has 1 amide bonds. The van der Waals surface area contributed by atoms with Crippen LogP contribution < -0.4 is 4.90 Å². The van der Waals surface area contributed by atoms with Crippen LogP contribution in [-0.2, 0) is 4.74 Å². The lowest BCUT2D eigenvalue weighted by atomic mass is 10.1. The minimum Gasteiger partial charge on any atom is -0.444 e. The molecule has 0 saturated carbocycles. The van der Waals surface area contributed by atoms with Crippen LogP contribution in [-0.4, -0.2) is 51.7 Å². The number of piperazine rings is 1. The summed E-state index contributed by atoms with van der Waals surface area (Å²) in [4.78, 5) is 25.6. The van der Waals surface area contributed by atoms with Crippen molar-refractivity contribution in [2.24, 2.45) is 0 Å². The molecule has 6 nitrogen and oxygen atoms in total. The van der Waals surface area contributed by atoms with Crippen molar-refractivity contribution >= 4 is 22.8 Å². The Morgan fingerprint density at radius 2 is 1.80 bits per heavy atom. The summed E-state index contributed by atoms with van der Waals surface area (Å²) in [7, 11) is 0. The Morgan fingerprint density at radius 3 is 2.44 bits per heavy atom. The predicted octanol–water partition coefficient (Wildman–Crippen LogP) is 3.46. The fourth-order valence-electron chi connectivity index (χ4n) is 3.41. The highest BCUT2D eigenvalue weighted by molar-refractivity contribution is 5.89. The number of carbonyl (C=O) groups is 1. The molecule has 1 aliphatic rings. The molecule has 25 heavy (non-hydrogen) atoms. The molecular weight excluding hydrogens is 316 g/mol. The highest BCUT2D eigenvalue weighted by Crippen LogP contribution is 2.27. The third kappa shape index (κ3) is 3.67. The third-order valence-corrected chi connectivity index (χ3v) is 4.33. The molecule has 0 aliphatic carbocycles. The number of amides is 1. The Morgan fingerprint density at radius 1 is 1.12 bits per heavy atom. The van der Waals surface area contributed by atoms with Crippen LogP contribution in [0.15, 0.2) is 30.6 Å². The van der Waals surface area contributed by atoms with Crippen LogP contribution >= 0.6 is 0 Å². The number of anilines is 1. The van der Waals surface area contributed by atoms with Crippen molar-refractivity contribution in [3.05, 3.63) is 30.6 Å². The Balaban J connectivity index is 1.83. The van der Waals surface area contributed by atoms with E-state index in [1.54, 1.807) is 12.4 Å². The van der Waals surface area contributed by atoms with Crippen molar-refractivity contribution < 1.29 is 9.53 Å². The molecule has 134 valence electrons. The van der Waals surface area contributed by atoms with E-state index in [0.717, 1.165) is 16.7 Å². The topological polar surface area (TPSA) is 58.6 Å². The van der Waals surface area contributed by atoms with Gasteiger partial charge in [0.2, 0.25) is 0 Å². The van der Waals surface area contributed by atoms with E-state index in [1.165, 1.54) is 0 Å². The first-order valence-electron chi connectivity index (χ1n) is 8.72. The van der Waals surface area contributed by atoms with Crippen molar-refractivity contribution in [2.45, 2.75) is 52.3 Å². The molecule has 2 aromatic heterocycles. The van der Waals surface area contributed by atoms with E-state index >= 15 is 0 Å². The minimum atomic E-state index is -0.490. The number of carbonyl (C=O) groups excluding carboxylic acids is 1. The summed E-state index contributed by atoms with van der Waals surface area (Å²) in [6, 6.07) is 5.96. The molecular formula is C19H26N4O2. The van der Waals surface area contributed by atoms with Crippen molar-refractivity contribution in [1.29, 1.82) is 0 Å². The average Bonchev–Trinajstić information content (AvgIpc) is 2.52. The lowest BCUT2D eigenvalue weighted by Gasteiger charge is -2.45. The first-order valence-corrected chi connectivity index (χ1v) is 8.72. The number of rotatable bonds is 1. The number of fused-ring (bicyclic) bond motifs is 1. The second kappa shape index (κ2) is 6.50. The van der Waals surface area contributed by atoms with Crippen molar-refractivity contribution in [3.8, 4) is 0 Å². The maximum absolute atomic E-state index is 12.5. The fourth-order valence-corrected chi connectivity index (χ4v) is 3.41. The lowest BCUT2D eigenvalue weighted by molar-refractivity contribution is 0.00563. The van der Waals surface area contributed by atoms with Crippen LogP contribution in [0, 0.1) is 0 Å². The highest BCUT2D eigenvalue weighted by Gasteiger charge is 2.36. The van der Waals surface area contributed by atoms with Crippen molar-refractivity contribution in [3.63, 3.8) is 0 Å². The Bertz CT molecular complexity index is 754. The van der Waals surface area contributed by atoms with E-state index in [9.17, 15) is 4.79 Å². The Hall–Kier alpha value is -2.37. The van der Waals surface area contributed by atoms with E-state index in [4.69, 9.17) is 4.74 Å². The number of hydrogen-bond donors (Lipinski definition) is 0. The average molecular weight is 342 g/mol. The number of pyridine rings is 2. The second-order valence-corrected chi connectivity index (χ2v) is 7.70. The number of nitrogens with zero attached hydrogens (tertiary/aromatic N) is 4. The highest BCUT2D eigenvalue weighted by atomic mass is 16.6. The molecule has 1 saturated heterocycles. The van der Waals surface area contributed by atoms with E-state index in [-0.39, 0.29) is 18.2 Å². The molecule has 0 spiro atoms. The zero-order valence-corrected chi connectivity index (χ0v) is 15.6. The van der Waals surface area contributed by atoms with Crippen LogP contribution in [0.3, 0.4) is 0 Å². The SMILES string of the molecule is C[C@@H]1CN(c2nccc3ncccc23)C[C@H](C)N1C(=O)OC(C)(C)C. The summed E-state index contributed by atoms with van der Waals surface area (Å²) in [6.45, 7) is 11.2. The van der Waals surface area contributed by atoms with Gasteiger partial charge in [-0.2, -0.15) is 0 Å². The molecule has 0 radical (unpaired) electrons. The second-order valence-electron chi connectivity index (χ2n) is 7.70. The van der Waals surface area contributed by atoms with Crippen molar-refractivity contribution in [2.75, 3.05) is 18.0 Å². The molecule has 1 fully saturated rings. The summed E-state index contributed by atoms with van der Waals surface area (Å²) in [5.41, 5.74) is 0.443. The minimum absolute atomic E-state index is 0.0346. The maximum Gasteiger partial charge on any atom is 0.410 e. The lowest BCUT2D eigenvalue weighted by Crippen LogP contribution is -2.59. The zero-order chi connectivity index (χ0) is 18.2. The van der Waals surface area contributed by atoms with Gasteiger partial charge in [0.15, 0.2) is 0 Å². The molecule has 0 N–H and O–H groups in total. The summed E-state index contributed by atoms with van der Waals surface area (Å²) in [5.74, 6) is 0.924. The fraction of sp³-hybridized carbons (Fsp3) is 0.526. The molecule has 0 aromatic carbocycles. The van der Waals surface area contributed by atoms with Gasteiger partial charge in [-0.15, -0.1) is 0 Å². The van der Waals surface area contributed by atoms with Gasteiger partial charge in [-0.25, -0.2) is 9.78 Å². The van der Waals surface area contributed by atoms with Crippen LogP contribution in [0.5, 0.6) is 0 Å². The van der Waals surface area contributed by atoms with E-state index in [2.05, 4.69) is 28.7 Å². The molecule has 2 aromatic rings. The van der Waals surface area contributed by atoms with Gasteiger partial charge >= 0.3 is 6.09 Å². The first kappa shape index (κ1) is 17.5. The normalized spacial score (nSPS) is 21.5. The third-order valence-electron chi connectivity index (χ3n) is 4.33. The van der Waals surface area contributed by atoms with E-state index in [1.807, 2.05) is 43.9 Å². The summed E-state index contributed by atoms with van der Waals surface area (Å²) in [6.07, 6.45) is 3.33. The molecule has 0 bridgehead atoms. The van der Waals surface area contributed by atoms with E-state index in [0.29, 0.717) is 13.1 Å². The molecule has 3 rings (SSSR count). The van der Waals surface area contributed by atoms with Crippen LogP contribution in [0.4, 0.5) is 10.6 Å². The zero-order valence-electron chi connectivity index (χ0n) is 15.6. The smallest absolute Gasteiger partial charge is 0.410 e. The van der Waals surface area contributed by atoms with Crippen LogP contribution in [0.25, 0.3) is 10.9 Å². The first-order chi connectivity index (χ1) is 11.8. The number of aromatic nitrogens is 2. The van der Waals surface area contributed by atoms with Gasteiger partial charge in [-0.3, -0.25) is 9.88 Å². The standard InChI is InChI=1S/C19H26N4O2/c1-13-11-22(12-14(2)23(13)18(24)25-19(3,4)5)17-15-7-6-9-20-16(15)8-10-21-17/h6-10,13-14H,11-12H2,1-5H3/t13-,14+. The maximum atomic E-state index is 12.5. The summed E-state index contributed by atoms with van der Waals surface area (Å²) < 4.78 is 5.57. The molecule has 3 heterocycles. The Kier molecular flexibility index (Phi) is 4.54. The summed E-state index contributed by atoms with van der Waals surface area (Å²) in [5, 5.41) is 1.04. The van der Waals surface area contributed by atoms with Crippen LogP contribution in [0.1, 0.15) is 34.6 Å². The monoisotopic (exact) mass is 342 g/mol. The largest absolute Gasteiger partial charge is 0.444 e. The van der Waals surface area contributed by atoms with Gasteiger partial charge in [-0.05, 0) is 52.8 Å². The van der Waals surface area contributed by atoms with Gasteiger partial charge in [0, 0.05) is 30.9 Å². The number of ether oxygens (including phenoxy) is 1. The molecule has 2 atom stereocenters. The van der Waals surface area contributed by atoms with Gasteiger partial charge in [0.1, 0.15) is 11.4 Å². The van der Waals surface area contributed by atoms with Gasteiger partial charge < -0.3 is 9.64 Å². The number of hydrogen-bond acceptors (Lipinski definition) is 5. The Labute approximate surface area is 148 Å². The van der Waals surface area contributed by atoms with Gasteiger partial charge in [0.25, 0.3) is 0 Å². The van der Waals surface area contributed by atoms with E-state index < -0.39 is 5.60 Å². The molecule has 1 aliphatic heterocycles. The predicted molar refractivity (Wildman–Crippen MR) is 98.7 cm³/mol. The van der Waals surface area contributed by atoms with Crippen LogP contribution in [0.2, 0.25) is 0 Å². The molecule has 6 heteroatoms. The molecule has 0 unspecified atom stereocenters. The van der Waals surface area contributed by atoms with Gasteiger partial charge in [0.05, 0.1) is 17.6 Å². The quantitative estimate of drug-likeness (QED) is 0.794. The van der Waals surface area contributed by atoms with Crippen molar-refractivity contribution in [1.82, 2.24) is 14.9 Å².